The number of nitrogens with one attached hydrogen (secondary N) is 1. The van der Waals surface area contributed by atoms with Crippen LogP contribution < -0.4 is 10.1 Å². The van der Waals surface area contributed by atoms with E-state index in [-0.39, 0.29) is 5.91 Å². The maximum atomic E-state index is 12.2. The zero-order chi connectivity index (χ0) is 18.5. The summed E-state index contributed by atoms with van der Waals surface area (Å²) in [5, 5.41) is 3.95. The first kappa shape index (κ1) is 18.6. The molecule has 0 aromatic heterocycles. The molecule has 2 aromatic rings. The lowest BCUT2D eigenvalue weighted by Crippen LogP contribution is -2.19. The van der Waals surface area contributed by atoms with Crippen LogP contribution >= 0.6 is 35.0 Å². The van der Waals surface area contributed by atoms with E-state index in [9.17, 15) is 4.79 Å². The molecule has 1 saturated heterocycles. The van der Waals surface area contributed by atoms with Crippen LogP contribution in [-0.2, 0) is 4.79 Å². The highest BCUT2D eigenvalue weighted by Crippen LogP contribution is 2.34. The highest BCUT2D eigenvalue weighted by Gasteiger charge is 2.24. The van der Waals surface area contributed by atoms with E-state index >= 15 is 0 Å². The number of amidine groups is 1. The molecule has 1 heterocycles. The maximum absolute atomic E-state index is 12.2. The lowest BCUT2D eigenvalue weighted by atomic mass is 10.2. The van der Waals surface area contributed by atoms with E-state index in [2.05, 4.69) is 16.9 Å². The first-order chi connectivity index (χ1) is 12.6. The van der Waals surface area contributed by atoms with Gasteiger partial charge >= 0.3 is 0 Å². The van der Waals surface area contributed by atoms with Gasteiger partial charge in [-0.1, -0.05) is 54.1 Å². The Kier molecular flexibility index (Phi) is 6.04. The third-order valence-electron chi connectivity index (χ3n) is 3.35. The molecule has 0 atom stereocenters. The highest BCUT2D eigenvalue weighted by atomic mass is 35.5. The molecule has 0 radical (unpaired) electrons. The van der Waals surface area contributed by atoms with Gasteiger partial charge in [-0.2, -0.15) is 0 Å². The normalized spacial score (nSPS) is 16.8. The van der Waals surface area contributed by atoms with Gasteiger partial charge in [0.25, 0.3) is 5.91 Å². The second kappa shape index (κ2) is 8.45. The summed E-state index contributed by atoms with van der Waals surface area (Å²) in [5.41, 5.74) is 1.39. The largest absolute Gasteiger partial charge is 0.490 e. The van der Waals surface area contributed by atoms with Crippen LogP contribution in [0.5, 0.6) is 5.75 Å². The summed E-state index contributed by atoms with van der Waals surface area (Å²) in [7, 11) is 0. The summed E-state index contributed by atoms with van der Waals surface area (Å²) >= 11 is 13.4. The standard InChI is InChI=1S/C19H14Cl2N2O2S/c1-2-10-25-13-8-6-12(7-9-13)11-16-18(24)23-19(26-16)22-15-5-3-4-14(20)17(15)21/h2-9,11H,1,10H2,(H,22,23,24)/b16-11-. The highest BCUT2D eigenvalue weighted by molar-refractivity contribution is 8.18. The van der Waals surface area contributed by atoms with Crippen molar-refractivity contribution in [3.05, 3.63) is 75.6 Å². The van der Waals surface area contributed by atoms with E-state index in [1.54, 1.807) is 30.4 Å². The predicted molar refractivity (Wildman–Crippen MR) is 109 cm³/mol. The van der Waals surface area contributed by atoms with Crippen molar-refractivity contribution in [2.24, 2.45) is 4.99 Å². The SMILES string of the molecule is C=CCOc1ccc(/C=C2\SC(=Nc3cccc(Cl)c3Cl)NC2=O)cc1. The summed E-state index contributed by atoms with van der Waals surface area (Å²) in [6.45, 7) is 4.06. The Hall–Kier alpha value is -2.21. The molecule has 0 spiro atoms. The molecule has 1 aliphatic heterocycles. The average Bonchev–Trinajstić information content (AvgIpc) is 2.97. The number of carbonyl (C=O) groups is 1. The maximum Gasteiger partial charge on any atom is 0.264 e. The molecule has 2 aromatic carbocycles. The predicted octanol–water partition coefficient (Wildman–Crippen LogP) is 5.45. The fraction of sp³-hybridized carbons (Fsp3) is 0.0526. The smallest absolute Gasteiger partial charge is 0.264 e. The summed E-state index contributed by atoms with van der Waals surface area (Å²) < 4.78 is 5.44. The zero-order valence-electron chi connectivity index (χ0n) is 13.5. The third-order valence-corrected chi connectivity index (χ3v) is 5.07. The minimum atomic E-state index is -0.209. The molecule has 7 heteroatoms. The Morgan fingerprint density at radius 1 is 1.19 bits per heavy atom. The van der Waals surface area contributed by atoms with Crippen molar-refractivity contribution in [2.45, 2.75) is 0 Å². The Morgan fingerprint density at radius 3 is 2.69 bits per heavy atom. The van der Waals surface area contributed by atoms with Crippen LogP contribution in [0.2, 0.25) is 10.0 Å². The van der Waals surface area contributed by atoms with Gasteiger partial charge < -0.3 is 10.1 Å². The fourth-order valence-corrected chi connectivity index (χ4v) is 3.31. The monoisotopic (exact) mass is 404 g/mol. The Labute approximate surface area is 165 Å². The second-order valence-corrected chi connectivity index (χ2v) is 7.04. The molecule has 26 heavy (non-hydrogen) atoms. The molecule has 1 amide bonds. The van der Waals surface area contributed by atoms with Crippen LogP contribution in [0.1, 0.15) is 5.56 Å². The van der Waals surface area contributed by atoms with Gasteiger partial charge in [0.2, 0.25) is 0 Å². The number of thioether (sulfide) groups is 1. The van der Waals surface area contributed by atoms with Gasteiger partial charge in [0, 0.05) is 0 Å². The van der Waals surface area contributed by atoms with Gasteiger partial charge in [0.05, 0.1) is 20.6 Å². The molecule has 0 saturated carbocycles. The van der Waals surface area contributed by atoms with E-state index in [1.807, 2.05) is 24.3 Å². The van der Waals surface area contributed by atoms with Crippen molar-refractivity contribution in [1.29, 1.82) is 0 Å². The topological polar surface area (TPSA) is 50.7 Å². The summed E-state index contributed by atoms with van der Waals surface area (Å²) in [4.78, 5) is 17.1. The van der Waals surface area contributed by atoms with Gasteiger partial charge in [0.1, 0.15) is 12.4 Å². The van der Waals surface area contributed by atoms with E-state index in [4.69, 9.17) is 27.9 Å². The van der Waals surface area contributed by atoms with Crippen molar-refractivity contribution >= 4 is 57.8 Å². The number of ether oxygens (including phenoxy) is 1. The summed E-state index contributed by atoms with van der Waals surface area (Å²) in [6.07, 6.45) is 3.47. The number of halogens is 2. The molecule has 0 bridgehead atoms. The number of rotatable bonds is 5. The minimum absolute atomic E-state index is 0.209. The fourth-order valence-electron chi connectivity index (χ4n) is 2.14. The molecule has 0 unspecified atom stereocenters. The third kappa shape index (κ3) is 4.49. The number of hydrogen-bond donors (Lipinski definition) is 1. The molecule has 1 fully saturated rings. The zero-order valence-corrected chi connectivity index (χ0v) is 15.9. The van der Waals surface area contributed by atoms with Crippen LogP contribution in [0, 0.1) is 0 Å². The van der Waals surface area contributed by atoms with Crippen LogP contribution in [0.3, 0.4) is 0 Å². The number of hydrogen-bond acceptors (Lipinski definition) is 4. The van der Waals surface area contributed by atoms with Gasteiger partial charge in [-0.15, -0.1) is 0 Å². The Bertz CT molecular complexity index is 908. The molecule has 3 rings (SSSR count). The van der Waals surface area contributed by atoms with Gasteiger partial charge in [-0.05, 0) is 47.7 Å². The summed E-state index contributed by atoms with van der Waals surface area (Å²) in [5.74, 6) is 0.535. The molecule has 0 aliphatic carbocycles. The number of aliphatic imine (C=N–C) groups is 1. The molecular weight excluding hydrogens is 391 g/mol. The summed E-state index contributed by atoms with van der Waals surface area (Å²) in [6, 6.07) is 12.6. The molecule has 1 aliphatic rings. The van der Waals surface area contributed by atoms with Crippen molar-refractivity contribution < 1.29 is 9.53 Å². The van der Waals surface area contributed by atoms with Crippen LogP contribution in [0.25, 0.3) is 6.08 Å². The molecule has 1 N–H and O–H groups in total. The van der Waals surface area contributed by atoms with Gasteiger partial charge in [-0.3, -0.25) is 4.79 Å². The van der Waals surface area contributed by atoms with E-state index in [0.717, 1.165) is 11.3 Å². The number of benzene rings is 2. The Balaban J connectivity index is 1.77. The molecule has 132 valence electrons. The van der Waals surface area contributed by atoms with Crippen LogP contribution in [-0.4, -0.2) is 17.7 Å². The first-order valence-electron chi connectivity index (χ1n) is 7.64. The minimum Gasteiger partial charge on any atom is -0.490 e. The van der Waals surface area contributed by atoms with Crippen molar-refractivity contribution in [3.8, 4) is 5.75 Å². The average molecular weight is 405 g/mol. The second-order valence-electron chi connectivity index (χ2n) is 5.22. The molecular formula is C19H14Cl2N2O2S. The first-order valence-corrected chi connectivity index (χ1v) is 9.21. The van der Waals surface area contributed by atoms with Crippen LogP contribution in [0.4, 0.5) is 5.69 Å². The number of amides is 1. The van der Waals surface area contributed by atoms with Gasteiger partial charge in [-0.25, -0.2) is 4.99 Å². The Morgan fingerprint density at radius 2 is 1.96 bits per heavy atom. The van der Waals surface area contributed by atoms with E-state index < -0.39 is 0 Å². The quantitative estimate of drug-likeness (QED) is 0.532. The lowest BCUT2D eigenvalue weighted by molar-refractivity contribution is -0.115. The van der Waals surface area contributed by atoms with Crippen molar-refractivity contribution in [2.75, 3.05) is 6.61 Å². The van der Waals surface area contributed by atoms with Crippen molar-refractivity contribution in [1.82, 2.24) is 5.32 Å². The van der Waals surface area contributed by atoms with Crippen molar-refractivity contribution in [3.63, 3.8) is 0 Å². The van der Waals surface area contributed by atoms with Crippen LogP contribution in [0.15, 0.2) is 65.0 Å². The van der Waals surface area contributed by atoms with E-state index in [0.29, 0.717) is 32.4 Å². The van der Waals surface area contributed by atoms with E-state index in [1.165, 1.54) is 11.8 Å². The number of nitrogens with zero attached hydrogens (tertiary/aromatic N) is 1. The van der Waals surface area contributed by atoms with Gasteiger partial charge in [0.15, 0.2) is 5.17 Å². The molecule has 4 nitrogen and oxygen atoms in total. The lowest BCUT2D eigenvalue weighted by Gasteiger charge is -2.03. The number of carbonyl (C=O) groups excluding carboxylic acids is 1.